The fraction of sp³-hybridized carbons (Fsp3) is 0.500. The van der Waals surface area contributed by atoms with Crippen LogP contribution < -0.4 is 5.32 Å². The quantitative estimate of drug-likeness (QED) is 0.625. The van der Waals surface area contributed by atoms with Gasteiger partial charge >= 0.3 is 6.18 Å². The van der Waals surface area contributed by atoms with Gasteiger partial charge in [0.1, 0.15) is 22.9 Å². The van der Waals surface area contributed by atoms with E-state index in [1.807, 2.05) is 0 Å². The Morgan fingerprint density at radius 2 is 2.00 bits per heavy atom. The van der Waals surface area contributed by atoms with E-state index < -0.39 is 17.6 Å². The third kappa shape index (κ3) is 5.17. The first-order chi connectivity index (χ1) is 9.55. The van der Waals surface area contributed by atoms with Gasteiger partial charge in [-0.3, -0.25) is 0 Å². The lowest BCUT2D eigenvalue weighted by Gasteiger charge is -2.25. The molecule has 0 aromatic rings. The summed E-state index contributed by atoms with van der Waals surface area (Å²) in [7, 11) is 0. The van der Waals surface area contributed by atoms with Gasteiger partial charge in [0.15, 0.2) is 5.84 Å². The number of amidine groups is 2. The van der Waals surface area contributed by atoms with E-state index in [0.717, 1.165) is 6.92 Å². The maximum atomic E-state index is 12.7. The highest BCUT2D eigenvalue weighted by atomic mass is 19.4. The van der Waals surface area contributed by atoms with Gasteiger partial charge in [-0.25, -0.2) is 15.0 Å². The summed E-state index contributed by atoms with van der Waals surface area (Å²) >= 11 is 0. The van der Waals surface area contributed by atoms with E-state index in [0.29, 0.717) is 12.3 Å². The summed E-state index contributed by atoms with van der Waals surface area (Å²) in [5.41, 5.74) is -1.54. The van der Waals surface area contributed by atoms with Crippen LogP contribution in [0.15, 0.2) is 39.4 Å². The van der Waals surface area contributed by atoms with E-state index in [-0.39, 0.29) is 11.5 Å². The van der Waals surface area contributed by atoms with Gasteiger partial charge in [-0.1, -0.05) is 12.2 Å². The van der Waals surface area contributed by atoms with Crippen molar-refractivity contribution < 1.29 is 13.2 Å². The molecule has 7 heteroatoms. The molecule has 0 aromatic heterocycles. The smallest absolute Gasteiger partial charge is 0.327 e. The van der Waals surface area contributed by atoms with Crippen molar-refractivity contribution in [3.8, 4) is 0 Å². The second kappa shape index (κ2) is 6.24. The lowest BCUT2D eigenvalue weighted by Crippen LogP contribution is -2.39. The molecule has 1 aliphatic heterocycles. The number of aliphatic imine (C=N–C) groups is 3. The highest BCUT2D eigenvalue weighted by Gasteiger charge is 2.33. The van der Waals surface area contributed by atoms with Crippen molar-refractivity contribution >= 4 is 17.4 Å². The van der Waals surface area contributed by atoms with Gasteiger partial charge in [-0.05, 0) is 34.1 Å². The monoisotopic (exact) mass is 300 g/mol. The predicted molar refractivity (Wildman–Crippen MR) is 79.8 cm³/mol. The largest absolute Gasteiger partial charge is 0.429 e. The van der Waals surface area contributed by atoms with Crippen molar-refractivity contribution in [1.29, 1.82) is 0 Å². The molecule has 116 valence electrons. The average Bonchev–Trinajstić information content (AvgIpc) is 2.30. The van der Waals surface area contributed by atoms with Gasteiger partial charge in [0.25, 0.3) is 0 Å². The molecule has 0 atom stereocenters. The standard InChI is InChI=1S/C14H19F3N4/c1-6-7-8-11(18-9(2)14(15,16)17)12-19-10(3)20-13(4,5)21-12/h6,8H,1,7H2,2-5H3,(H,19,20,21)/b11-8-,18-9?. The Morgan fingerprint density at radius 3 is 2.48 bits per heavy atom. The van der Waals surface area contributed by atoms with Crippen molar-refractivity contribution in [2.45, 2.75) is 46.0 Å². The summed E-state index contributed by atoms with van der Waals surface area (Å²) in [6.45, 7) is 9.74. The molecule has 0 fully saturated rings. The van der Waals surface area contributed by atoms with Crippen molar-refractivity contribution in [3.63, 3.8) is 0 Å². The van der Waals surface area contributed by atoms with Gasteiger partial charge in [-0.2, -0.15) is 13.2 Å². The third-order valence-electron chi connectivity index (χ3n) is 2.54. The van der Waals surface area contributed by atoms with Crippen LogP contribution in [0.2, 0.25) is 0 Å². The molecular formula is C14H19F3N4. The highest BCUT2D eigenvalue weighted by Crippen LogP contribution is 2.21. The topological polar surface area (TPSA) is 49.1 Å². The molecule has 0 spiro atoms. The van der Waals surface area contributed by atoms with E-state index >= 15 is 0 Å². The van der Waals surface area contributed by atoms with Crippen LogP contribution in [0.1, 0.15) is 34.1 Å². The Labute approximate surface area is 122 Å². The predicted octanol–water partition coefficient (Wildman–Crippen LogP) is 3.63. The molecule has 21 heavy (non-hydrogen) atoms. The van der Waals surface area contributed by atoms with E-state index in [1.165, 1.54) is 0 Å². The highest BCUT2D eigenvalue weighted by molar-refractivity contribution is 6.11. The molecule has 1 heterocycles. The van der Waals surface area contributed by atoms with Crippen LogP contribution in [0.3, 0.4) is 0 Å². The molecular weight excluding hydrogens is 281 g/mol. The number of alkyl halides is 3. The lowest BCUT2D eigenvalue weighted by atomic mass is 10.2. The second-order valence-electron chi connectivity index (χ2n) is 5.09. The Bertz CT molecular complexity index is 537. The van der Waals surface area contributed by atoms with Crippen molar-refractivity contribution in [3.05, 3.63) is 24.4 Å². The number of halogens is 3. The zero-order valence-corrected chi connectivity index (χ0v) is 12.5. The molecule has 0 amide bonds. The minimum Gasteiger partial charge on any atom is -0.327 e. The maximum Gasteiger partial charge on any atom is 0.429 e. The fourth-order valence-electron chi connectivity index (χ4n) is 1.69. The van der Waals surface area contributed by atoms with Crippen molar-refractivity contribution in [2.24, 2.45) is 15.0 Å². The summed E-state index contributed by atoms with van der Waals surface area (Å²) in [4.78, 5) is 12.2. The van der Waals surface area contributed by atoms with Crippen LogP contribution in [-0.2, 0) is 0 Å². The molecule has 0 bridgehead atoms. The van der Waals surface area contributed by atoms with Gasteiger partial charge in [-0.15, -0.1) is 6.58 Å². The first-order valence-corrected chi connectivity index (χ1v) is 6.42. The summed E-state index contributed by atoms with van der Waals surface area (Å²) in [5, 5.41) is 2.86. The molecule has 0 aliphatic carbocycles. The Hall–Kier alpha value is -1.92. The second-order valence-corrected chi connectivity index (χ2v) is 5.09. The summed E-state index contributed by atoms with van der Waals surface area (Å²) < 4.78 is 38.0. The molecule has 1 rings (SSSR count). The first kappa shape index (κ1) is 17.1. The fourth-order valence-corrected chi connectivity index (χ4v) is 1.69. The number of hydrogen-bond donors (Lipinski definition) is 1. The van der Waals surface area contributed by atoms with Gasteiger partial charge < -0.3 is 5.32 Å². The van der Waals surface area contributed by atoms with Crippen molar-refractivity contribution in [1.82, 2.24) is 5.32 Å². The van der Waals surface area contributed by atoms with E-state index in [9.17, 15) is 13.2 Å². The first-order valence-electron chi connectivity index (χ1n) is 6.42. The van der Waals surface area contributed by atoms with Crippen LogP contribution in [0.4, 0.5) is 13.2 Å². The van der Waals surface area contributed by atoms with Gasteiger partial charge in [0.2, 0.25) is 0 Å². The molecule has 0 saturated heterocycles. The van der Waals surface area contributed by atoms with Crippen LogP contribution in [-0.4, -0.2) is 29.2 Å². The number of nitrogens with one attached hydrogen (secondary N) is 1. The Morgan fingerprint density at radius 1 is 1.38 bits per heavy atom. The minimum absolute atomic E-state index is 0.132. The third-order valence-corrected chi connectivity index (χ3v) is 2.54. The van der Waals surface area contributed by atoms with Crippen LogP contribution in [0.5, 0.6) is 0 Å². The van der Waals surface area contributed by atoms with E-state index in [4.69, 9.17) is 0 Å². The van der Waals surface area contributed by atoms with Crippen molar-refractivity contribution in [2.75, 3.05) is 0 Å². The van der Waals surface area contributed by atoms with Crippen LogP contribution in [0.25, 0.3) is 0 Å². The Balaban J connectivity index is 3.23. The zero-order chi connectivity index (χ0) is 16.3. The molecule has 1 aliphatic rings. The number of allylic oxidation sites excluding steroid dienone is 2. The summed E-state index contributed by atoms with van der Waals surface area (Å²) in [6, 6.07) is 0. The summed E-state index contributed by atoms with van der Waals surface area (Å²) in [5.74, 6) is 0.854. The average molecular weight is 300 g/mol. The van der Waals surface area contributed by atoms with Gasteiger partial charge in [0.05, 0.1) is 0 Å². The molecule has 1 N–H and O–H groups in total. The van der Waals surface area contributed by atoms with E-state index in [1.54, 1.807) is 32.9 Å². The molecule has 0 radical (unpaired) electrons. The number of hydrogen-bond acceptors (Lipinski definition) is 4. The normalized spacial score (nSPS) is 19.6. The zero-order valence-electron chi connectivity index (χ0n) is 12.5. The molecule has 4 nitrogen and oxygen atoms in total. The minimum atomic E-state index is -4.47. The summed E-state index contributed by atoms with van der Waals surface area (Å²) in [6.07, 6.45) is -0.959. The van der Waals surface area contributed by atoms with Crippen LogP contribution in [0, 0.1) is 0 Å². The van der Waals surface area contributed by atoms with Gasteiger partial charge in [0, 0.05) is 0 Å². The van der Waals surface area contributed by atoms with E-state index in [2.05, 4.69) is 26.9 Å². The Kier molecular flexibility index (Phi) is 5.09. The SMILES string of the molecule is C=CC/C=C(\N=C(C)C(F)(F)F)C1=NC(C)(C)N=C(C)N1. The lowest BCUT2D eigenvalue weighted by molar-refractivity contribution is -0.0592. The number of nitrogens with zero attached hydrogens (tertiary/aromatic N) is 3. The van der Waals surface area contributed by atoms with Crippen LogP contribution >= 0.6 is 0 Å². The molecule has 0 saturated carbocycles. The molecule has 0 unspecified atom stereocenters. The molecule has 0 aromatic carbocycles. The maximum absolute atomic E-state index is 12.7. The number of rotatable bonds is 4.